The molecule has 4 nitrogen and oxygen atoms in total. The molecule has 20 heavy (non-hydrogen) atoms. The highest BCUT2D eigenvalue weighted by molar-refractivity contribution is 6.32. The van der Waals surface area contributed by atoms with Crippen LogP contribution in [0.5, 0.6) is 11.6 Å². The number of nitrogens with one attached hydrogen (secondary N) is 1. The van der Waals surface area contributed by atoms with Crippen molar-refractivity contribution in [1.29, 1.82) is 0 Å². The van der Waals surface area contributed by atoms with Crippen LogP contribution < -0.4 is 10.1 Å². The SMILES string of the molecule is CCNc1cc(Oc2cc(C)ccc2Cl)nc(CC)n1. The second-order valence-electron chi connectivity index (χ2n) is 4.43. The Balaban J connectivity index is 2.32. The molecule has 0 saturated carbocycles. The van der Waals surface area contributed by atoms with Gasteiger partial charge in [-0.1, -0.05) is 24.6 Å². The predicted octanol–water partition coefficient (Wildman–Crippen LogP) is 4.22. The Morgan fingerprint density at radius 2 is 2.00 bits per heavy atom. The second-order valence-corrected chi connectivity index (χ2v) is 4.83. The summed E-state index contributed by atoms with van der Waals surface area (Å²) in [5.41, 5.74) is 1.08. The third-order valence-electron chi connectivity index (χ3n) is 2.72. The van der Waals surface area contributed by atoms with Gasteiger partial charge in [-0.15, -0.1) is 0 Å². The van der Waals surface area contributed by atoms with Crippen molar-refractivity contribution >= 4 is 17.4 Å². The van der Waals surface area contributed by atoms with Crippen LogP contribution in [0.3, 0.4) is 0 Å². The molecule has 0 aliphatic rings. The summed E-state index contributed by atoms with van der Waals surface area (Å²) in [7, 11) is 0. The summed E-state index contributed by atoms with van der Waals surface area (Å²) in [6.45, 7) is 6.82. The zero-order valence-electron chi connectivity index (χ0n) is 11.9. The van der Waals surface area contributed by atoms with Gasteiger partial charge in [0.1, 0.15) is 17.4 Å². The molecule has 0 spiro atoms. The van der Waals surface area contributed by atoms with E-state index in [4.69, 9.17) is 16.3 Å². The molecule has 1 aromatic heterocycles. The first-order valence-electron chi connectivity index (χ1n) is 6.68. The number of anilines is 1. The minimum Gasteiger partial charge on any atom is -0.437 e. The van der Waals surface area contributed by atoms with Gasteiger partial charge in [-0.05, 0) is 31.5 Å². The number of nitrogens with zero attached hydrogens (tertiary/aromatic N) is 2. The topological polar surface area (TPSA) is 47.0 Å². The van der Waals surface area contributed by atoms with Crippen LogP contribution in [0.4, 0.5) is 5.82 Å². The van der Waals surface area contributed by atoms with Crippen LogP contribution in [0.15, 0.2) is 24.3 Å². The van der Waals surface area contributed by atoms with Crippen molar-refractivity contribution in [2.45, 2.75) is 27.2 Å². The van der Waals surface area contributed by atoms with Gasteiger partial charge < -0.3 is 10.1 Å². The van der Waals surface area contributed by atoms with Crippen molar-refractivity contribution in [2.75, 3.05) is 11.9 Å². The van der Waals surface area contributed by atoms with Crippen molar-refractivity contribution in [3.8, 4) is 11.6 Å². The summed E-state index contributed by atoms with van der Waals surface area (Å²) in [6, 6.07) is 7.43. The number of hydrogen-bond donors (Lipinski definition) is 1. The van der Waals surface area contributed by atoms with Gasteiger partial charge in [-0.25, -0.2) is 4.98 Å². The Morgan fingerprint density at radius 1 is 1.20 bits per heavy atom. The van der Waals surface area contributed by atoms with Crippen LogP contribution in [-0.2, 0) is 6.42 Å². The summed E-state index contributed by atoms with van der Waals surface area (Å²) >= 11 is 6.14. The molecular weight excluding hydrogens is 274 g/mol. The van der Waals surface area contributed by atoms with E-state index in [2.05, 4.69) is 15.3 Å². The van der Waals surface area contributed by atoms with Crippen LogP contribution in [0.25, 0.3) is 0 Å². The molecule has 0 fully saturated rings. The highest BCUT2D eigenvalue weighted by atomic mass is 35.5. The van der Waals surface area contributed by atoms with Gasteiger partial charge in [0.05, 0.1) is 5.02 Å². The fourth-order valence-electron chi connectivity index (χ4n) is 1.76. The number of ether oxygens (including phenoxy) is 1. The van der Waals surface area contributed by atoms with Gasteiger partial charge in [0.15, 0.2) is 0 Å². The highest BCUT2D eigenvalue weighted by Gasteiger charge is 2.08. The van der Waals surface area contributed by atoms with Crippen LogP contribution in [0.2, 0.25) is 5.02 Å². The average Bonchev–Trinajstić information content (AvgIpc) is 2.43. The van der Waals surface area contributed by atoms with Crippen molar-refractivity contribution < 1.29 is 4.74 Å². The van der Waals surface area contributed by atoms with E-state index in [9.17, 15) is 0 Å². The molecule has 0 radical (unpaired) electrons. The molecule has 1 N–H and O–H groups in total. The van der Waals surface area contributed by atoms with Gasteiger partial charge in [-0.3, -0.25) is 0 Å². The van der Waals surface area contributed by atoms with E-state index in [1.807, 2.05) is 39.0 Å². The molecule has 0 saturated heterocycles. The lowest BCUT2D eigenvalue weighted by molar-refractivity contribution is 0.459. The molecule has 1 heterocycles. The molecule has 0 amide bonds. The molecule has 1 aromatic carbocycles. The van der Waals surface area contributed by atoms with Crippen molar-refractivity contribution in [3.63, 3.8) is 0 Å². The van der Waals surface area contributed by atoms with Crippen LogP contribution in [0.1, 0.15) is 25.2 Å². The maximum Gasteiger partial charge on any atom is 0.224 e. The summed E-state index contributed by atoms with van der Waals surface area (Å²) in [6.07, 6.45) is 0.747. The molecule has 106 valence electrons. The number of benzene rings is 1. The van der Waals surface area contributed by atoms with Gasteiger partial charge in [0, 0.05) is 19.0 Å². The second kappa shape index (κ2) is 6.57. The Bertz CT molecular complexity index is 602. The Labute approximate surface area is 124 Å². The predicted molar refractivity (Wildman–Crippen MR) is 81.8 cm³/mol. The van der Waals surface area contributed by atoms with E-state index in [0.29, 0.717) is 16.7 Å². The summed E-state index contributed by atoms with van der Waals surface area (Å²) in [5, 5.41) is 3.74. The first-order chi connectivity index (χ1) is 9.62. The summed E-state index contributed by atoms with van der Waals surface area (Å²) in [4.78, 5) is 8.76. The van der Waals surface area contributed by atoms with Gasteiger partial charge in [0.2, 0.25) is 5.88 Å². The van der Waals surface area contributed by atoms with E-state index >= 15 is 0 Å². The maximum atomic E-state index is 6.14. The molecule has 0 atom stereocenters. The Morgan fingerprint density at radius 3 is 2.70 bits per heavy atom. The molecule has 5 heteroatoms. The lowest BCUT2D eigenvalue weighted by Crippen LogP contribution is -2.04. The van der Waals surface area contributed by atoms with Crippen molar-refractivity contribution in [1.82, 2.24) is 9.97 Å². The third kappa shape index (κ3) is 3.61. The number of aryl methyl sites for hydroxylation is 2. The maximum absolute atomic E-state index is 6.14. The van der Waals surface area contributed by atoms with Gasteiger partial charge >= 0.3 is 0 Å². The van der Waals surface area contributed by atoms with Crippen LogP contribution >= 0.6 is 11.6 Å². The number of rotatable bonds is 5. The summed E-state index contributed by atoms with van der Waals surface area (Å²) < 4.78 is 5.80. The first kappa shape index (κ1) is 14.6. The van der Waals surface area contributed by atoms with Crippen molar-refractivity contribution in [3.05, 3.63) is 40.7 Å². The van der Waals surface area contributed by atoms with E-state index in [1.165, 1.54) is 0 Å². The fourth-order valence-corrected chi connectivity index (χ4v) is 1.91. The van der Waals surface area contributed by atoms with Crippen LogP contribution in [-0.4, -0.2) is 16.5 Å². The number of hydrogen-bond acceptors (Lipinski definition) is 4. The Hall–Kier alpha value is -1.81. The van der Waals surface area contributed by atoms with Gasteiger partial charge in [-0.2, -0.15) is 4.98 Å². The molecule has 0 aliphatic heterocycles. The highest BCUT2D eigenvalue weighted by Crippen LogP contribution is 2.30. The minimum absolute atomic E-state index is 0.500. The summed E-state index contributed by atoms with van der Waals surface area (Å²) in [5.74, 6) is 2.61. The molecule has 0 unspecified atom stereocenters. The van der Waals surface area contributed by atoms with Crippen molar-refractivity contribution in [2.24, 2.45) is 0 Å². The third-order valence-corrected chi connectivity index (χ3v) is 3.04. The number of halogens is 1. The molecule has 2 rings (SSSR count). The lowest BCUT2D eigenvalue weighted by atomic mass is 10.2. The van der Waals surface area contributed by atoms with E-state index in [1.54, 1.807) is 6.07 Å². The smallest absolute Gasteiger partial charge is 0.224 e. The molecule has 0 bridgehead atoms. The largest absolute Gasteiger partial charge is 0.437 e. The number of aromatic nitrogens is 2. The zero-order valence-corrected chi connectivity index (χ0v) is 12.7. The quantitative estimate of drug-likeness (QED) is 0.896. The Kier molecular flexibility index (Phi) is 4.79. The van der Waals surface area contributed by atoms with Gasteiger partial charge in [0.25, 0.3) is 0 Å². The molecule has 2 aromatic rings. The van der Waals surface area contributed by atoms with Crippen LogP contribution in [0, 0.1) is 6.92 Å². The molecule has 0 aliphatic carbocycles. The fraction of sp³-hybridized carbons (Fsp3) is 0.333. The monoisotopic (exact) mass is 291 g/mol. The average molecular weight is 292 g/mol. The zero-order chi connectivity index (χ0) is 14.5. The van der Waals surface area contributed by atoms with E-state index < -0.39 is 0 Å². The minimum atomic E-state index is 0.500. The first-order valence-corrected chi connectivity index (χ1v) is 7.06. The van der Waals surface area contributed by atoms with E-state index in [0.717, 1.165) is 30.2 Å². The van der Waals surface area contributed by atoms with E-state index in [-0.39, 0.29) is 0 Å². The normalized spacial score (nSPS) is 10.4. The standard InChI is InChI=1S/C15H18ClN3O/c1-4-13-18-14(17-5-2)9-15(19-13)20-12-8-10(3)6-7-11(12)16/h6-9H,4-5H2,1-3H3,(H,17,18,19). The lowest BCUT2D eigenvalue weighted by Gasteiger charge is -2.10. The molecular formula is C15H18ClN3O.